The van der Waals surface area contributed by atoms with E-state index in [9.17, 15) is 48.3 Å². The highest BCUT2D eigenvalue weighted by molar-refractivity contribution is 5.95. The van der Waals surface area contributed by atoms with Crippen molar-refractivity contribution in [2.24, 2.45) is 0 Å². The number of cyclic esters (lactones) is 1. The van der Waals surface area contributed by atoms with Gasteiger partial charge in [-0.25, -0.2) is 19.0 Å². The molecule has 0 fully saturated rings. The van der Waals surface area contributed by atoms with Crippen LogP contribution in [-0.4, -0.2) is 119 Å². The van der Waals surface area contributed by atoms with Gasteiger partial charge in [-0.3, -0.25) is 33.6 Å². The molecule has 8 N–H and O–H groups in total. The summed E-state index contributed by atoms with van der Waals surface area (Å²) in [5, 5.41) is 35.4. The third-order valence-electron chi connectivity index (χ3n) is 12.0. The van der Waals surface area contributed by atoms with Crippen molar-refractivity contribution < 1.29 is 67.2 Å². The number of aliphatic hydroxyl groups is 1. The molecule has 0 radical (unpaired) electrons. The number of amides is 6. The van der Waals surface area contributed by atoms with E-state index in [0.717, 1.165) is 5.56 Å². The number of halogens is 1. The van der Waals surface area contributed by atoms with Crippen molar-refractivity contribution in [2.45, 2.75) is 70.4 Å². The predicted molar refractivity (Wildman–Crippen MR) is 237 cm³/mol. The molecule has 69 heavy (non-hydrogen) atoms. The summed E-state index contributed by atoms with van der Waals surface area (Å²) in [4.78, 5) is 118. The molecule has 2 aliphatic heterocycles. The molecule has 7 rings (SSSR count). The molecule has 3 aliphatic rings. The average Bonchev–Trinajstić information content (AvgIpc) is 3.70. The number of benzene rings is 2. The first-order valence-electron chi connectivity index (χ1n) is 21.9. The Morgan fingerprint density at radius 2 is 1.58 bits per heavy atom. The third kappa shape index (κ3) is 10.9. The van der Waals surface area contributed by atoms with E-state index in [1.165, 1.54) is 10.6 Å². The van der Waals surface area contributed by atoms with Gasteiger partial charge in [0.15, 0.2) is 5.60 Å². The number of hydrogen-bond acceptors (Lipinski definition) is 14. The molecule has 4 aromatic rings. The Morgan fingerprint density at radius 1 is 0.884 bits per heavy atom. The monoisotopic (exact) mass is 956 g/mol. The van der Waals surface area contributed by atoms with Crippen molar-refractivity contribution in [3.8, 4) is 11.4 Å². The number of carboxylic acid groups (broad SMARTS) is 1. The van der Waals surface area contributed by atoms with Crippen molar-refractivity contribution in [2.75, 3.05) is 46.2 Å². The second kappa shape index (κ2) is 21.1. The fourth-order valence-corrected chi connectivity index (χ4v) is 8.57. The Bertz CT molecular complexity index is 2820. The predicted octanol–water partition coefficient (Wildman–Crippen LogP) is -1.10. The topological polar surface area (TPSA) is 312 Å². The van der Waals surface area contributed by atoms with Crippen molar-refractivity contribution in [1.29, 1.82) is 0 Å². The molecule has 2 aromatic heterocycles. The number of ether oxygens (including phenoxy) is 3. The van der Waals surface area contributed by atoms with E-state index in [1.807, 2.05) is 0 Å². The van der Waals surface area contributed by atoms with E-state index in [4.69, 9.17) is 19.6 Å². The molecule has 0 unspecified atom stereocenters. The summed E-state index contributed by atoms with van der Waals surface area (Å²) in [6.07, 6.45) is 0.724. The number of pyridine rings is 2. The molecule has 2 aromatic carbocycles. The Balaban J connectivity index is 0.934. The number of esters is 1. The van der Waals surface area contributed by atoms with Crippen LogP contribution in [0.15, 0.2) is 47.3 Å². The smallest absolute Gasteiger partial charge is 0.343 e. The van der Waals surface area contributed by atoms with E-state index in [2.05, 4.69) is 36.6 Å². The zero-order chi connectivity index (χ0) is 49.6. The van der Waals surface area contributed by atoms with Crippen molar-refractivity contribution in [3.63, 3.8) is 0 Å². The van der Waals surface area contributed by atoms with Crippen LogP contribution < -0.4 is 37.5 Å². The van der Waals surface area contributed by atoms with E-state index in [-0.39, 0.29) is 37.1 Å². The lowest BCUT2D eigenvalue weighted by molar-refractivity contribution is -0.172. The molecule has 0 saturated carbocycles. The zero-order valence-electron chi connectivity index (χ0n) is 37.5. The summed E-state index contributed by atoms with van der Waals surface area (Å²) in [5.74, 6) is -6.87. The number of carboxylic acids is 1. The quantitative estimate of drug-likeness (QED) is 0.0261. The van der Waals surface area contributed by atoms with Gasteiger partial charge in [-0.1, -0.05) is 37.3 Å². The number of carbonyl (C=O) groups is 8. The number of aryl methyl sites for hydroxylation is 1. The van der Waals surface area contributed by atoms with Crippen LogP contribution in [0, 0.1) is 12.7 Å². The Labute approximate surface area is 391 Å². The average molecular weight is 957 g/mol. The zero-order valence-corrected chi connectivity index (χ0v) is 37.5. The van der Waals surface area contributed by atoms with Crippen LogP contribution in [0.25, 0.3) is 22.3 Å². The normalized spacial score (nSPS) is 16.8. The highest BCUT2D eigenvalue weighted by atomic mass is 19.1. The van der Waals surface area contributed by atoms with Gasteiger partial charge in [-0.2, -0.15) is 0 Å². The summed E-state index contributed by atoms with van der Waals surface area (Å²) in [6, 6.07) is 9.70. The maximum Gasteiger partial charge on any atom is 0.343 e. The van der Waals surface area contributed by atoms with Crippen molar-refractivity contribution in [1.82, 2.24) is 41.5 Å². The molecule has 1 aliphatic carbocycles. The van der Waals surface area contributed by atoms with Gasteiger partial charge in [-0.05, 0) is 54.5 Å². The molecule has 0 spiro atoms. The second-order valence-electron chi connectivity index (χ2n) is 16.5. The number of nitrogens with zero attached hydrogens (tertiary/aromatic N) is 2. The van der Waals surface area contributed by atoms with Crippen molar-refractivity contribution >= 4 is 58.3 Å². The lowest BCUT2D eigenvalue weighted by Gasteiger charge is -2.31. The van der Waals surface area contributed by atoms with Gasteiger partial charge in [0.2, 0.25) is 35.4 Å². The summed E-state index contributed by atoms with van der Waals surface area (Å²) in [5.41, 5.74) is 1.78. The van der Waals surface area contributed by atoms with Crippen LogP contribution in [0.3, 0.4) is 0 Å². The lowest BCUT2D eigenvalue weighted by Crippen LogP contribution is -2.52. The summed E-state index contributed by atoms with van der Waals surface area (Å²) < 4.78 is 32.1. The number of fused-ring (bicyclic) bond motifs is 5. The lowest BCUT2D eigenvalue weighted by atomic mass is 9.81. The molecular weight excluding hydrogens is 908 g/mol. The molecule has 23 heteroatoms. The number of nitrogens with one attached hydrogen (secondary N) is 6. The SMILES string of the molecule is CC[C@@]1(O)C(=O)OCc2c1cc1n(c2=O)Cc2c-1nc1cc(F)c(C)c3c1c2[C@@H](NC(=O)COCNC(=O)CNC(=O)[C@H](Cc1ccccc1)NC(=O)CNC(=O)CNC(=O)COCC(=O)O)CC3. The molecule has 0 saturated heterocycles. The minimum Gasteiger partial charge on any atom is -0.480 e. The first kappa shape index (κ1) is 49.3. The van der Waals surface area contributed by atoms with Gasteiger partial charge in [0.25, 0.3) is 5.56 Å². The minimum absolute atomic E-state index is 0.0176. The van der Waals surface area contributed by atoms with E-state index in [0.29, 0.717) is 57.4 Å². The number of hydrogen-bond donors (Lipinski definition) is 8. The summed E-state index contributed by atoms with van der Waals surface area (Å²) >= 11 is 0. The molecule has 0 bridgehead atoms. The van der Waals surface area contributed by atoms with E-state index >= 15 is 4.39 Å². The van der Waals surface area contributed by atoms with Gasteiger partial charge in [0.1, 0.15) is 45.0 Å². The number of aliphatic carboxylic acids is 1. The number of aromatic nitrogens is 2. The highest BCUT2D eigenvalue weighted by Crippen LogP contribution is 2.46. The largest absolute Gasteiger partial charge is 0.480 e. The van der Waals surface area contributed by atoms with E-state index in [1.54, 1.807) is 50.2 Å². The van der Waals surface area contributed by atoms with Gasteiger partial charge < -0.3 is 60.9 Å². The van der Waals surface area contributed by atoms with Gasteiger partial charge in [0.05, 0.1) is 54.7 Å². The Morgan fingerprint density at radius 3 is 2.32 bits per heavy atom. The van der Waals surface area contributed by atoms with Crippen LogP contribution in [0.4, 0.5) is 4.39 Å². The molecule has 3 atom stereocenters. The Hall–Kier alpha value is -7.63. The van der Waals surface area contributed by atoms with Crippen LogP contribution in [0.1, 0.15) is 64.8 Å². The van der Waals surface area contributed by atoms with Crippen LogP contribution in [0.2, 0.25) is 0 Å². The first-order chi connectivity index (χ1) is 33.0. The van der Waals surface area contributed by atoms with Gasteiger partial charge in [0, 0.05) is 29.0 Å². The fraction of sp³-hybridized carbons (Fsp3) is 0.391. The fourth-order valence-electron chi connectivity index (χ4n) is 8.57. The minimum atomic E-state index is -2.05. The van der Waals surface area contributed by atoms with Gasteiger partial charge in [-0.15, -0.1) is 0 Å². The van der Waals surface area contributed by atoms with Crippen LogP contribution >= 0.6 is 0 Å². The maximum absolute atomic E-state index is 15.3. The third-order valence-corrected chi connectivity index (χ3v) is 12.0. The second-order valence-corrected chi connectivity index (χ2v) is 16.5. The Kier molecular flexibility index (Phi) is 15.1. The highest BCUT2D eigenvalue weighted by Gasteiger charge is 2.46. The van der Waals surface area contributed by atoms with Gasteiger partial charge >= 0.3 is 11.9 Å². The standard InChI is InChI=1S/C46H49FN8O14/c1-3-46(66)28-12-33-42-26(17-55(33)44(64)27(28)18-69-45(46)65)41-30(10-9-25-23(2)29(47)13-31(54-42)40(25)41)52-38(60)20-68-22-51-35(57)15-50-43(63)32(11-24-7-5-4-6-8-24)53-36(58)16-48-34(56)14-49-37(59)19-67-21-39(61)62/h4-8,12-13,30,32,66H,3,9-11,14-22H2,1-2H3,(H,48,56)(H,49,59)(H,50,63)(H,51,57)(H,52,60)(H,53,58)(H,61,62)/t30-,32-,46-/m0/s1. The van der Waals surface area contributed by atoms with E-state index < -0.39 is 123 Å². The number of rotatable bonds is 20. The summed E-state index contributed by atoms with van der Waals surface area (Å²) in [6.45, 7) is -0.886. The van der Waals surface area contributed by atoms with Crippen molar-refractivity contribution in [3.05, 3.63) is 97.6 Å². The number of carbonyl (C=O) groups excluding carboxylic acids is 7. The molecule has 364 valence electrons. The molecule has 22 nitrogen and oxygen atoms in total. The maximum atomic E-state index is 15.3. The first-order valence-corrected chi connectivity index (χ1v) is 21.9. The van der Waals surface area contributed by atoms with Crippen LogP contribution in [-0.2, 0) is 84.2 Å². The molecule has 4 heterocycles. The van der Waals surface area contributed by atoms with Crippen LogP contribution in [0.5, 0.6) is 0 Å². The molecular formula is C46H49FN8O14. The summed E-state index contributed by atoms with van der Waals surface area (Å²) in [7, 11) is 0. The molecule has 6 amide bonds.